The Balaban J connectivity index is 1.55. The van der Waals surface area contributed by atoms with Crippen molar-refractivity contribution in [2.75, 3.05) is 16.2 Å². The fourth-order valence-electron chi connectivity index (χ4n) is 3.19. The van der Waals surface area contributed by atoms with Gasteiger partial charge in [-0.05, 0) is 55.0 Å². The molecule has 3 aromatic carbocycles. The molecule has 0 bridgehead atoms. The van der Waals surface area contributed by atoms with E-state index in [-0.39, 0.29) is 10.8 Å². The predicted molar refractivity (Wildman–Crippen MR) is 116 cm³/mol. The molecule has 1 amide bonds. The molecule has 4 rings (SSSR count). The fourth-order valence-corrected chi connectivity index (χ4v) is 5.25. The molecule has 1 aliphatic heterocycles. The topological polar surface area (TPSA) is 66.5 Å². The molecular formula is C22H20N2O3S2. The van der Waals surface area contributed by atoms with Crippen LogP contribution in [0.25, 0.3) is 0 Å². The zero-order valence-corrected chi connectivity index (χ0v) is 17.2. The van der Waals surface area contributed by atoms with E-state index in [1.807, 2.05) is 42.5 Å². The van der Waals surface area contributed by atoms with Gasteiger partial charge in [-0.25, -0.2) is 8.42 Å². The van der Waals surface area contributed by atoms with Crippen LogP contribution >= 0.6 is 11.8 Å². The van der Waals surface area contributed by atoms with Crippen molar-refractivity contribution in [3.05, 3.63) is 78.9 Å². The lowest BCUT2D eigenvalue weighted by Crippen LogP contribution is -2.23. The normalized spacial score (nSPS) is 14.2. The van der Waals surface area contributed by atoms with E-state index in [1.54, 1.807) is 29.2 Å². The summed E-state index contributed by atoms with van der Waals surface area (Å²) in [5, 5.41) is 0. The highest BCUT2D eigenvalue weighted by Crippen LogP contribution is 2.34. The van der Waals surface area contributed by atoms with Crippen LogP contribution < -0.4 is 9.62 Å². The molecule has 148 valence electrons. The molecular weight excluding hydrogens is 404 g/mol. The Morgan fingerprint density at radius 3 is 2.24 bits per heavy atom. The van der Waals surface area contributed by atoms with E-state index in [9.17, 15) is 13.2 Å². The first kappa shape index (κ1) is 19.5. The van der Waals surface area contributed by atoms with Crippen molar-refractivity contribution >= 4 is 39.1 Å². The van der Waals surface area contributed by atoms with Gasteiger partial charge in [-0.2, -0.15) is 0 Å². The van der Waals surface area contributed by atoms with Gasteiger partial charge < -0.3 is 4.90 Å². The van der Waals surface area contributed by atoms with Gasteiger partial charge in [0.25, 0.3) is 10.0 Å². The summed E-state index contributed by atoms with van der Waals surface area (Å²) in [6.45, 7) is 0.674. The first-order valence-corrected chi connectivity index (χ1v) is 11.6. The molecule has 0 radical (unpaired) electrons. The summed E-state index contributed by atoms with van der Waals surface area (Å²) >= 11 is 1.50. The quantitative estimate of drug-likeness (QED) is 0.619. The Morgan fingerprint density at radius 2 is 1.55 bits per heavy atom. The number of nitrogens with one attached hydrogen (secondary N) is 1. The van der Waals surface area contributed by atoms with Crippen LogP contribution in [0.3, 0.4) is 0 Å². The highest BCUT2D eigenvalue weighted by Gasteiger charge is 2.22. The second-order valence-electron chi connectivity index (χ2n) is 6.66. The van der Waals surface area contributed by atoms with E-state index >= 15 is 0 Å². The molecule has 1 aliphatic rings. The second-order valence-corrected chi connectivity index (χ2v) is 9.46. The molecule has 0 unspecified atom stereocenters. The third-order valence-electron chi connectivity index (χ3n) is 4.63. The highest BCUT2D eigenvalue weighted by molar-refractivity contribution is 7.99. The number of hydrogen-bond acceptors (Lipinski definition) is 4. The van der Waals surface area contributed by atoms with Crippen LogP contribution in [0.4, 0.5) is 11.4 Å². The van der Waals surface area contributed by atoms with E-state index in [0.29, 0.717) is 18.7 Å². The largest absolute Gasteiger partial charge is 0.312 e. The van der Waals surface area contributed by atoms with Gasteiger partial charge in [0.2, 0.25) is 5.91 Å². The average molecular weight is 425 g/mol. The average Bonchev–Trinajstić information content (AvgIpc) is 3.16. The van der Waals surface area contributed by atoms with Gasteiger partial charge in [-0.15, -0.1) is 0 Å². The zero-order valence-electron chi connectivity index (χ0n) is 15.6. The van der Waals surface area contributed by atoms with E-state index in [4.69, 9.17) is 0 Å². The predicted octanol–water partition coefficient (Wildman–Crippen LogP) is 4.77. The number of sulfonamides is 1. The summed E-state index contributed by atoms with van der Waals surface area (Å²) in [6.07, 6.45) is 1.37. The first-order chi connectivity index (χ1) is 14.0. The molecule has 0 aliphatic carbocycles. The number of para-hydroxylation sites is 1. The van der Waals surface area contributed by atoms with E-state index in [0.717, 1.165) is 21.9 Å². The number of nitrogens with zero attached hydrogens (tertiary/aromatic N) is 1. The fraction of sp³-hybridized carbons (Fsp3) is 0.136. The van der Waals surface area contributed by atoms with E-state index < -0.39 is 10.0 Å². The van der Waals surface area contributed by atoms with Gasteiger partial charge >= 0.3 is 0 Å². The molecule has 1 heterocycles. The Kier molecular flexibility index (Phi) is 5.60. The Morgan fingerprint density at radius 1 is 0.862 bits per heavy atom. The lowest BCUT2D eigenvalue weighted by molar-refractivity contribution is -0.117. The summed E-state index contributed by atoms with van der Waals surface area (Å²) in [5.74, 6) is 0.0746. The maximum Gasteiger partial charge on any atom is 0.261 e. The first-order valence-electron chi connectivity index (χ1n) is 9.28. The summed E-state index contributed by atoms with van der Waals surface area (Å²) in [6, 6.07) is 23.6. The number of benzene rings is 3. The maximum absolute atomic E-state index is 12.9. The Bertz CT molecular complexity index is 1110. The smallest absolute Gasteiger partial charge is 0.261 e. The lowest BCUT2D eigenvalue weighted by Gasteiger charge is -2.16. The molecule has 0 aromatic heterocycles. The molecule has 1 N–H and O–H groups in total. The third kappa shape index (κ3) is 4.46. The molecule has 7 heteroatoms. The lowest BCUT2D eigenvalue weighted by atomic mass is 10.3. The number of hydrogen-bond donors (Lipinski definition) is 1. The van der Waals surface area contributed by atoms with E-state index in [1.165, 1.54) is 23.9 Å². The second kappa shape index (κ2) is 8.31. The zero-order chi connectivity index (χ0) is 20.3. The summed E-state index contributed by atoms with van der Waals surface area (Å²) < 4.78 is 28.5. The van der Waals surface area contributed by atoms with Gasteiger partial charge in [-0.1, -0.05) is 42.1 Å². The number of rotatable bonds is 6. The van der Waals surface area contributed by atoms with Crippen LogP contribution in [0.15, 0.2) is 93.5 Å². The minimum Gasteiger partial charge on any atom is -0.312 e. The highest BCUT2D eigenvalue weighted by atomic mass is 32.2. The van der Waals surface area contributed by atoms with Crippen molar-refractivity contribution in [1.82, 2.24) is 0 Å². The van der Waals surface area contributed by atoms with Crippen LogP contribution in [0.1, 0.15) is 12.8 Å². The van der Waals surface area contributed by atoms with Crippen molar-refractivity contribution in [2.24, 2.45) is 0 Å². The molecule has 0 atom stereocenters. The van der Waals surface area contributed by atoms with Crippen molar-refractivity contribution in [3.8, 4) is 0 Å². The van der Waals surface area contributed by atoms with Gasteiger partial charge in [0.05, 0.1) is 10.6 Å². The summed E-state index contributed by atoms with van der Waals surface area (Å²) in [4.78, 5) is 15.6. The minimum absolute atomic E-state index is 0.0746. The standard InChI is InChI=1S/C22H20N2O3S2/c25-22-11-6-16-24(22)17-12-14-19(15-13-17)29(26,27)23-20-9-4-5-10-21(20)28-18-7-2-1-3-8-18/h1-5,7-10,12-15,23H,6,11,16H2. The van der Waals surface area contributed by atoms with Crippen LogP contribution in [0, 0.1) is 0 Å². The summed E-state index contributed by atoms with van der Waals surface area (Å²) in [5.41, 5.74) is 1.26. The Labute approximate surface area is 174 Å². The number of amides is 1. The van der Waals surface area contributed by atoms with Crippen molar-refractivity contribution in [2.45, 2.75) is 27.5 Å². The summed E-state index contributed by atoms with van der Waals surface area (Å²) in [7, 11) is -3.75. The van der Waals surface area contributed by atoms with Crippen LogP contribution in [-0.4, -0.2) is 20.9 Å². The van der Waals surface area contributed by atoms with Crippen molar-refractivity contribution in [1.29, 1.82) is 0 Å². The molecule has 1 saturated heterocycles. The molecule has 5 nitrogen and oxygen atoms in total. The van der Waals surface area contributed by atoms with Crippen LogP contribution in [0.2, 0.25) is 0 Å². The number of anilines is 2. The Hall–Kier alpha value is -2.77. The van der Waals surface area contributed by atoms with Gasteiger partial charge in [0.1, 0.15) is 0 Å². The third-order valence-corrected chi connectivity index (χ3v) is 7.10. The van der Waals surface area contributed by atoms with Gasteiger partial charge in [-0.3, -0.25) is 9.52 Å². The van der Waals surface area contributed by atoms with Crippen molar-refractivity contribution in [3.63, 3.8) is 0 Å². The molecule has 3 aromatic rings. The van der Waals surface area contributed by atoms with E-state index in [2.05, 4.69) is 4.72 Å². The monoisotopic (exact) mass is 424 g/mol. The van der Waals surface area contributed by atoms with Crippen molar-refractivity contribution < 1.29 is 13.2 Å². The molecule has 1 fully saturated rings. The molecule has 0 saturated carbocycles. The molecule has 0 spiro atoms. The maximum atomic E-state index is 12.9. The van der Waals surface area contributed by atoms with Crippen LogP contribution in [-0.2, 0) is 14.8 Å². The molecule has 29 heavy (non-hydrogen) atoms. The van der Waals surface area contributed by atoms with Crippen LogP contribution in [0.5, 0.6) is 0 Å². The minimum atomic E-state index is -3.75. The number of carbonyl (C=O) groups is 1. The van der Waals surface area contributed by atoms with Gasteiger partial charge in [0, 0.05) is 28.4 Å². The number of carbonyl (C=O) groups excluding carboxylic acids is 1. The SMILES string of the molecule is O=C1CCCN1c1ccc(S(=O)(=O)Nc2ccccc2Sc2ccccc2)cc1. The van der Waals surface area contributed by atoms with Gasteiger partial charge in [0.15, 0.2) is 0 Å².